The fourth-order valence-corrected chi connectivity index (χ4v) is 1.20. The summed E-state index contributed by atoms with van der Waals surface area (Å²) in [5.74, 6) is 0.0474. The zero-order valence-corrected chi connectivity index (χ0v) is 8.78. The fraction of sp³-hybridized carbons (Fsp3) is 0.364. The van der Waals surface area contributed by atoms with Crippen molar-refractivity contribution in [3.8, 4) is 11.8 Å². The minimum Gasteiger partial charge on any atom is -0.433 e. The molecule has 86 valence electrons. The highest BCUT2D eigenvalue weighted by Gasteiger charge is 2.11. The molecule has 1 rings (SSSR count). The van der Waals surface area contributed by atoms with E-state index >= 15 is 0 Å². The van der Waals surface area contributed by atoms with Gasteiger partial charge in [-0.3, -0.25) is 0 Å². The van der Waals surface area contributed by atoms with Gasteiger partial charge in [0.2, 0.25) is 0 Å². The maximum Gasteiger partial charge on any atom is 0.387 e. The summed E-state index contributed by atoms with van der Waals surface area (Å²) in [6, 6.07) is 7.92. The number of alkyl halides is 2. The summed E-state index contributed by atoms with van der Waals surface area (Å²) in [6.07, 6.45) is 0.583. The minimum atomic E-state index is -2.87. The van der Waals surface area contributed by atoms with Gasteiger partial charge in [-0.05, 0) is 18.6 Å². The maximum absolute atomic E-state index is 12.1. The van der Waals surface area contributed by atoms with E-state index in [1.165, 1.54) is 6.07 Å². The van der Waals surface area contributed by atoms with Gasteiger partial charge in [-0.1, -0.05) is 19.1 Å². The summed E-state index contributed by atoms with van der Waals surface area (Å²) in [6.45, 7) is -1.04. The van der Waals surface area contributed by atoms with Crippen LogP contribution in [0.5, 0.6) is 5.75 Å². The average molecular weight is 226 g/mol. The summed E-state index contributed by atoms with van der Waals surface area (Å²) in [4.78, 5) is 0. The molecule has 0 aliphatic heterocycles. The Bertz CT molecular complexity index is 376. The Morgan fingerprint density at radius 2 is 2.12 bits per heavy atom. The Morgan fingerprint density at radius 1 is 1.44 bits per heavy atom. The largest absolute Gasteiger partial charge is 0.433 e. The molecule has 0 saturated heterocycles. The number of nitrogens with zero attached hydrogens (tertiary/aromatic N) is 1. The van der Waals surface area contributed by atoms with E-state index in [-0.39, 0.29) is 5.75 Å². The number of ether oxygens (including phenoxy) is 1. The first kappa shape index (κ1) is 12.2. The summed E-state index contributed by atoms with van der Waals surface area (Å²) in [5.41, 5.74) is 0.399. The lowest BCUT2D eigenvalue weighted by atomic mass is 10.2. The monoisotopic (exact) mass is 226 g/mol. The summed E-state index contributed by atoms with van der Waals surface area (Å²) in [5, 5.41) is 11.6. The molecule has 0 bridgehead atoms. The third-order valence-electron chi connectivity index (χ3n) is 2.00. The molecule has 3 nitrogen and oxygen atoms in total. The van der Waals surface area contributed by atoms with Crippen LogP contribution < -0.4 is 10.1 Å². The van der Waals surface area contributed by atoms with E-state index in [0.717, 1.165) is 0 Å². The van der Waals surface area contributed by atoms with Crippen molar-refractivity contribution in [3.05, 3.63) is 24.3 Å². The van der Waals surface area contributed by atoms with Gasteiger partial charge >= 0.3 is 6.61 Å². The van der Waals surface area contributed by atoms with Crippen molar-refractivity contribution in [1.29, 1.82) is 5.26 Å². The van der Waals surface area contributed by atoms with Gasteiger partial charge in [-0.25, -0.2) is 0 Å². The number of halogens is 2. The number of nitriles is 1. The predicted octanol–water partition coefficient (Wildman–Crippen LogP) is 3.00. The lowest BCUT2D eigenvalue weighted by Gasteiger charge is -2.14. The van der Waals surface area contributed by atoms with Crippen LogP contribution in [0, 0.1) is 11.3 Å². The lowest BCUT2D eigenvalue weighted by Crippen LogP contribution is -2.16. The van der Waals surface area contributed by atoms with Crippen LogP contribution in [0.15, 0.2) is 24.3 Å². The molecule has 0 aliphatic rings. The zero-order chi connectivity index (χ0) is 12.0. The van der Waals surface area contributed by atoms with E-state index in [2.05, 4.69) is 10.1 Å². The van der Waals surface area contributed by atoms with Gasteiger partial charge < -0.3 is 10.1 Å². The minimum absolute atomic E-state index is 0.0474. The number of para-hydroxylation sites is 2. The number of hydrogen-bond donors (Lipinski definition) is 1. The number of nitrogens with one attached hydrogen (secondary N) is 1. The van der Waals surface area contributed by atoms with Crippen LogP contribution in [0.2, 0.25) is 0 Å². The van der Waals surface area contributed by atoms with E-state index < -0.39 is 12.7 Å². The predicted molar refractivity (Wildman–Crippen MR) is 56.4 cm³/mol. The van der Waals surface area contributed by atoms with E-state index in [0.29, 0.717) is 12.1 Å². The van der Waals surface area contributed by atoms with Crippen molar-refractivity contribution >= 4 is 5.69 Å². The first-order valence-corrected chi connectivity index (χ1v) is 4.87. The van der Waals surface area contributed by atoms with Crippen LogP contribution in [-0.2, 0) is 0 Å². The Kier molecular flexibility index (Phi) is 4.52. The van der Waals surface area contributed by atoms with Crippen molar-refractivity contribution < 1.29 is 13.5 Å². The molecule has 0 heterocycles. The highest BCUT2D eigenvalue weighted by atomic mass is 19.3. The molecule has 1 atom stereocenters. The zero-order valence-electron chi connectivity index (χ0n) is 8.78. The van der Waals surface area contributed by atoms with Gasteiger partial charge in [-0.2, -0.15) is 14.0 Å². The highest BCUT2D eigenvalue weighted by Crippen LogP contribution is 2.26. The average Bonchev–Trinajstić information content (AvgIpc) is 2.27. The number of hydrogen-bond acceptors (Lipinski definition) is 3. The molecule has 0 radical (unpaired) electrons. The fourth-order valence-electron chi connectivity index (χ4n) is 1.20. The molecule has 5 heteroatoms. The molecular weight excluding hydrogens is 214 g/mol. The van der Waals surface area contributed by atoms with Gasteiger partial charge in [0.1, 0.15) is 11.8 Å². The molecule has 0 amide bonds. The third kappa shape index (κ3) is 3.39. The molecule has 1 unspecified atom stereocenters. The maximum atomic E-state index is 12.1. The van der Waals surface area contributed by atoms with E-state index in [4.69, 9.17) is 5.26 Å². The van der Waals surface area contributed by atoms with Crippen molar-refractivity contribution in [2.24, 2.45) is 0 Å². The number of benzene rings is 1. The molecule has 0 spiro atoms. The van der Waals surface area contributed by atoms with Crippen LogP contribution >= 0.6 is 0 Å². The second-order valence-corrected chi connectivity index (χ2v) is 3.11. The molecule has 0 aliphatic carbocycles. The van der Waals surface area contributed by atoms with Crippen LogP contribution in [0.4, 0.5) is 14.5 Å². The lowest BCUT2D eigenvalue weighted by molar-refractivity contribution is -0.0493. The second kappa shape index (κ2) is 5.91. The topological polar surface area (TPSA) is 45.0 Å². The Balaban J connectivity index is 2.82. The Hall–Kier alpha value is -1.83. The molecule has 1 aromatic carbocycles. The second-order valence-electron chi connectivity index (χ2n) is 3.11. The smallest absolute Gasteiger partial charge is 0.387 e. The summed E-state index contributed by atoms with van der Waals surface area (Å²) in [7, 11) is 0. The van der Waals surface area contributed by atoms with Gasteiger partial charge in [0.15, 0.2) is 0 Å². The SMILES string of the molecule is CCC(C#N)Nc1ccccc1OC(F)F. The molecule has 1 N–H and O–H groups in total. The van der Waals surface area contributed by atoms with Crippen molar-refractivity contribution in [3.63, 3.8) is 0 Å². The number of anilines is 1. The molecule has 0 saturated carbocycles. The van der Waals surface area contributed by atoms with Gasteiger partial charge in [0.25, 0.3) is 0 Å². The molecular formula is C11H12F2N2O. The van der Waals surface area contributed by atoms with Crippen molar-refractivity contribution in [2.45, 2.75) is 26.0 Å². The van der Waals surface area contributed by atoms with E-state index in [9.17, 15) is 8.78 Å². The molecule has 0 aromatic heterocycles. The Morgan fingerprint density at radius 3 is 2.69 bits per heavy atom. The summed E-state index contributed by atoms with van der Waals surface area (Å²) >= 11 is 0. The van der Waals surface area contributed by atoms with Gasteiger partial charge in [-0.15, -0.1) is 0 Å². The molecule has 16 heavy (non-hydrogen) atoms. The first-order chi connectivity index (χ1) is 7.67. The van der Waals surface area contributed by atoms with Crippen LogP contribution in [0.1, 0.15) is 13.3 Å². The third-order valence-corrected chi connectivity index (χ3v) is 2.00. The quantitative estimate of drug-likeness (QED) is 0.839. The molecule has 0 fully saturated rings. The van der Waals surface area contributed by atoms with Gasteiger partial charge in [0.05, 0.1) is 11.8 Å². The van der Waals surface area contributed by atoms with Crippen molar-refractivity contribution in [1.82, 2.24) is 0 Å². The van der Waals surface area contributed by atoms with E-state index in [1.807, 2.05) is 13.0 Å². The molecule has 1 aromatic rings. The summed E-state index contributed by atoms with van der Waals surface area (Å²) < 4.78 is 28.5. The van der Waals surface area contributed by atoms with E-state index in [1.54, 1.807) is 18.2 Å². The van der Waals surface area contributed by atoms with Crippen molar-refractivity contribution in [2.75, 3.05) is 5.32 Å². The number of rotatable bonds is 5. The van der Waals surface area contributed by atoms with Crippen LogP contribution in [0.3, 0.4) is 0 Å². The Labute approximate surface area is 92.6 Å². The van der Waals surface area contributed by atoms with Gasteiger partial charge in [0, 0.05) is 0 Å². The normalized spacial score (nSPS) is 11.9. The van der Waals surface area contributed by atoms with Crippen LogP contribution in [0.25, 0.3) is 0 Å². The van der Waals surface area contributed by atoms with Crippen LogP contribution in [-0.4, -0.2) is 12.7 Å². The standard InChI is InChI=1S/C11H12F2N2O/c1-2-8(7-14)15-9-5-3-4-6-10(9)16-11(12)13/h3-6,8,11,15H,2H2,1H3. The first-order valence-electron chi connectivity index (χ1n) is 4.87. The highest BCUT2D eigenvalue weighted by molar-refractivity contribution is 5.57.